The van der Waals surface area contributed by atoms with Gasteiger partial charge in [-0.3, -0.25) is 10.1 Å². The van der Waals surface area contributed by atoms with Crippen molar-refractivity contribution in [2.75, 3.05) is 0 Å². The van der Waals surface area contributed by atoms with Gasteiger partial charge in [-0.05, 0) is 12.1 Å². The standard InChI is InChI=1S/C9H7F3N4O4/c10-9(11,12)20-6-1-2-7(16(18)19)5(3-6)4-14-15-8(13)17/h1-4H,(H3,13,15,17). The lowest BCUT2D eigenvalue weighted by Crippen LogP contribution is -2.24. The Labute approximate surface area is 109 Å². The largest absolute Gasteiger partial charge is 0.573 e. The van der Waals surface area contributed by atoms with Crippen molar-refractivity contribution >= 4 is 17.9 Å². The van der Waals surface area contributed by atoms with E-state index >= 15 is 0 Å². The second-order valence-electron chi connectivity index (χ2n) is 3.26. The topological polar surface area (TPSA) is 120 Å². The number of urea groups is 1. The minimum atomic E-state index is -4.93. The van der Waals surface area contributed by atoms with Gasteiger partial charge in [0.05, 0.1) is 16.7 Å². The number of ether oxygens (including phenoxy) is 1. The third kappa shape index (κ3) is 4.80. The number of nitrogens with two attached hydrogens (primary N) is 1. The molecule has 0 radical (unpaired) electrons. The Morgan fingerprint density at radius 2 is 2.15 bits per heavy atom. The van der Waals surface area contributed by atoms with Gasteiger partial charge >= 0.3 is 12.4 Å². The molecule has 1 aromatic rings. The number of alkyl halides is 3. The minimum Gasteiger partial charge on any atom is -0.406 e. The number of nitro benzene ring substituents is 1. The Balaban J connectivity index is 3.09. The Bertz CT molecular complexity index is 559. The van der Waals surface area contributed by atoms with Crippen LogP contribution in [0.15, 0.2) is 23.3 Å². The average molecular weight is 292 g/mol. The Morgan fingerprint density at radius 3 is 2.65 bits per heavy atom. The van der Waals surface area contributed by atoms with Crippen LogP contribution in [0, 0.1) is 10.1 Å². The molecule has 0 aliphatic rings. The monoisotopic (exact) mass is 292 g/mol. The summed E-state index contributed by atoms with van der Waals surface area (Å²) in [6.07, 6.45) is -4.16. The number of carbonyl (C=O) groups excluding carboxylic acids is 1. The lowest BCUT2D eigenvalue weighted by Gasteiger charge is -2.09. The maximum Gasteiger partial charge on any atom is 0.573 e. The van der Waals surface area contributed by atoms with E-state index in [4.69, 9.17) is 5.73 Å². The van der Waals surface area contributed by atoms with E-state index in [0.29, 0.717) is 0 Å². The maximum atomic E-state index is 12.0. The number of rotatable bonds is 4. The molecule has 1 rings (SSSR count). The lowest BCUT2D eigenvalue weighted by atomic mass is 10.2. The first-order chi connectivity index (χ1) is 9.19. The van der Waals surface area contributed by atoms with E-state index in [0.717, 1.165) is 24.4 Å². The SMILES string of the molecule is NC(=O)NN=Cc1cc(OC(F)(F)F)ccc1[N+](=O)[O-]. The molecule has 0 bridgehead atoms. The van der Waals surface area contributed by atoms with Crippen LogP contribution in [0.25, 0.3) is 0 Å². The average Bonchev–Trinajstić information content (AvgIpc) is 2.25. The molecule has 3 N–H and O–H groups in total. The fourth-order valence-electron chi connectivity index (χ4n) is 1.16. The fraction of sp³-hybridized carbons (Fsp3) is 0.111. The number of nitrogens with zero attached hydrogens (tertiary/aromatic N) is 2. The van der Waals surface area contributed by atoms with Gasteiger partial charge in [-0.15, -0.1) is 13.2 Å². The number of amides is 2. The smallest absolute Gasteiger partial charge is 0.406 e. The van der Waals surface area contributed by atoms with Gasteiger partial charge in [0.2, 0.25) is 0 Å². The van der Waals surface area contributed by atoms with Gasteiger partial charge in [0, 0.05) is 6.07 Å². The molecule has 8 nitrogen and oxygen atoms in total. The van der Waals surface area contributed by atoms with Crippen LogP contribution < -0.4 is 15.9 Å². The molecule has 0 saturated heterocycles. The summed E-state index contributed by atoms with van der Waals surface area (Å²) in [5.41, 5.74) is 5.63. The quantitative estimate of drug-likeness (QED) is 0.496. The number of hydrogen-bond acceptors (Lipinski definition) is 5. The summed E-state index contributed by atoms with van der Waals surface area (Å²) in [4.78, 5) is 20.2. The van der Waals surface area contributed by atoms with E-state index in [9.17, 15) is 28.1 Å². The van der Waals surface area contributed by atoms with E-state index in [1.54, 1.807) is 5.43 Å². The highest BCUT2D eigenvalue weighted by atomic mass is 19.4. The van der Waals surface area contributed by atoms with Crippen molar-refractivity contribution in [2.24, 2.45) is 10.8 Å². The van der Waals surface area contributed by atoms with Gasteiger partial charge in [0.1, 0.15) is 5.75 Å². The third-order valence-corrected chi connectivity index (χ3v) is 1.81. The predicted octanol–water partition coefficient (Wildman–Crippen LogP) is 1.50. The van der Waals surface area contributed by atoms with E-state index in [1.807, 2.05) is 0 Å². The second-order valence-corrected chi connectivity index (χ2v) is 3.26. The molecule has 108 valence electrons. The first-order valence-electron chi connectivity index (χ1n) is 4.82. The summed E-state index contributed by atoms with van der Waals surface area (Å²) < 4.78 is 39.7. The van der Waals surface area contributed by atoms with Crippen molar-refractivity contribution in [1.29, 1.82) is 0 Å². The minimum absolute atomic E-state index is 0.300. The Hall–Kier alpha value is -2.85. The normalized spacial score (nSPS) is 11.3. The number of hydrogen-bond donors (Lipinski definition) is 2. The summed E-state index contributed by atoms with van der Waals surface area (Å²) in [5, 5.41) is 13.9. The van der Waals surface area contributed by atoms with Gasteiger partial charge in [0.15, 0.2) is 0 Å². The Morgan fingerprint density at radius 1 is 1.50 bits per heavy atom. The molecule has 0 spiro atoms. The van der Waals surface area contributed by atoms with Crippen LogP contribution in [0.2, 0.25) is 0 Å². The first-order valence-corrected chi connectivity index (χ1v) is 4.82. The molecule has 0 saturated carbocycles. The van der Waals surface area contributed by atoms with Crippen LogP contribution in [-0.4, -0.2) is 23.5 Å². The highest BCUT2D eigenvalue weighted by Crippen LogP contribution is 2.27. The number of halogens is 3. The molecule has 1 aromatic carbocycles. The lowest BCUT2D eigenvalue weighted by molar-refractivity contribution is -0.385. The van der Waals surface area contributed by atoms with E-state index in [-0.39, 0.29) is 5.56 Å². The zero-order valence-electron chi connectivity index (χ0n) is 9.55. The number of primary amides is 1. The molecular formula is C9H7F3N4O4. The van der Waals surface area contributed by atoms with Crippen LogP contribution in [0.5, 0.6) is 5.75 Å². The number of carbonyl (C=O) groups is 1. The van der Waals surface area contributed by atoms with E-state index in [2.05, 4.69) is 9.84 Å². The van der Waals surface area contributed by atoms with Crippen molar-refractivity contribution < 1.29 is 27.6 Å². The molecule has 2 amide bonds. The number of nitro groups is 1. The highest BCUT2D eigenvalue weighted by Gasteiger charge is 2.31. The first kappa shape index (κ1) is 15.2. The summed E-state index contributed by atoms with van der Waals surface area (Å²) in [6.45, 7) is 0. The molecule has 0 aliphatic heterocycles. The van der Waals surface area contributed by atoms with Gasteiger partial charge in [-0.2, -0.15) is 5.10 Å². The predicted molar refractivity (Wildman–Crippen MR) is 60.1 cm³/mol. The summed E-state index contributed by atoms with van der Waals surface area (Å²) in [5.74, 6) is -0.663. The van der Waals surface area contributed by atoms with Crippen LogP contribution in [0.4, 0.5) is 23.7 Å². The third-order valence-electron chi connectivity index (χ3n) is 1.81. The zero-order valence-corrected chi connectivity index (χ0v) is 9.55. The molecule has 0 heterocycles. The van der Waals surface area contributed by atoms with Crippen molar-refractivity contribution in [1.82, 2.24) is 5.43 Å². The fourth-order valence-corrected chi connectivity index (χ4v) is 1.16. The number of benzene rings is 1. The maximum absolute atomic E-state index is 12.0. The van der Waals surface area contributed by atoms with Crippen LogP contribution >= 0.6 is 0 Å². The molecule has 0 unspecified atom stereocenters. The number of hydrazone groups is 1. The van der Waals surface area contributed by atoms with Crippen LogP contribution in [0.1, 0.15) is 5.56 Å². The van der Waals surface area contributed by atoms with Gasteiger partial charge in [-0.1, -0.05) is 0 Å². The van der Waals surface area contributed by atoms with Crippen molar-refractivity contribution in [3.8, 4) is 5.75 Å². The summed E-state index contributed by atoms with van der Waals surface area (Å²) >= 11 is 0. The summed E-state index contributed by atoms with van der Waals surface area (Å²) in [6, 6.07) is 1.31. The zero-order chi connectivity index (χ0) is 15.3. The molecule has 0 aliphatic carbocycles. The van der Waals surface area contributed by atoms with Crippen molar-refractivity contribution in [3.63, 3.8) is 0 Å². The van der Waals surface area contributed by atoms with Gasteiger partial charge < -0.3 is 10.5 Å². The van der Waals surface area contributed by atoms with Crippen molar-refractivity contribution in [2.45, 2.75) is 6.36 Å². The number of nitrogens with one attached hydrogen (secondary N) is 1. The molecule has 20 heavy (non-hydrogen) atoms. The second kappa shape index (κ2) is 5.86. The van der Waals surface area contributed by atoms with E-state index < -0.39 is 28.8 Å². The highest BCUT2D eigenvalue weighted by molar-refractivity contribution is 5.86. The molecular weight excluding hydrogens is 285 g/mol. The van der Waals surface area contributed by atoms with Crippen molar-refractivity contribution in [3.05, 3.63) is 33.9 Å². The molecule has 0 aromatic heterocycles. The molecule has 11 heteroatoms. The van der Waals surface area contributed by atoms with Crippen LogP contribution in [0.3, 0.4) is 0 Å². The molecule has 0 atom stereocenters. The van der Waals surface area contributed by atoms with Crippen LogP contribution in [-0.2, 0) is 0 Å². The molecule has 0 fully saturated rings. The van der Waals surface area contributed by atoms with Gasteiger partial charge in [0.25, 0.3) is 5.69 Å². The van der Waals surface area contributed by atoms with Gasteiger partial charge in [-0.25, -0.2) is 10.2 Å². The Kier molecular flexibility index (Phi) is 4.46. The summed E-state index contributed by atoms with van der Waals surface area (Å²) in [7, 11) is 0. The van der Waals surface area contributed by atoms with E-state index in [1.165, 1.54) is 0 Å².